The van der Waals surface area contributed by atoms with Gasteiger partial charge < -0.3 is 25.4 Å². The van der Waals surface area contributed by atoms with E-state index in [4.69, 9.17) is 9.47 Å². The van der Waals surface area contributed by atoms with Crippen molar-refractivity contribution < 1.29 is 23.0 Å². The number of hydrogen-bond donors (Lipinski definition) is 3. The number of carbonyl (C=O) groups excluding carboxylic acids is 1. The Labute approximate surface area is 268 Å². The first-order chi connectivity index (χ1) is 20.4. The average molecular weight is 643 g/mol. The summed E-state index contributed by atoms with van der Waals surface area (Å²) in [6.07, 6.45) is 1.81. The molecular weight excluding hydrogens is 607 g/mol. The zero-order valence-electron chi connectivity index (χ0n) is 24.2. The van der Waals surface area contributed by atoms with Crippen LogP contribution in [0, 0.1) is 18.6 Å². The Hall–Kier alpha value is -3.69. The minimum absolute atomic E-state index is 0. The Kier molecular flexibility index (Phi) is 11.2. The van der Waals surface area contributed by atoms with Crippen molar-refractivity contribution in [3.8, 4) is 33.8 Å². The molecule has 10 heteroatoms. The Morgan fingerprint density at radius 2 is 1.41 bits per heavy atom. The van der Waals surface area contributed by atoms with E-state index in [0.29, 0.717) is 34.7 Å². The molecule has 6 rings (SSSR count). The van der Waals surface area contributed by atoms with Crippen molar-refractivity contribution in [2.24, 2.45) is 0 Å². The van der Waals surface area contributed by atoms with E-state index in [2.05, 4.69) is 16.0 Å². The first-order valence-corrected chi connectivity index (χ1v) is 14.3. The van der Waals surface area contributed by atoms with Crippen LogP contribution in [0.2, 0.25) is 0 Å². The summed E-state index contributed by atoms with van der Waals surface area (Å²) in [4.78, 5) is 13.5. The van der Waals surface area contributed by atoms with Crippen LogP contribution in [0.25, 0.3) is 22.3 Å². The number of ether oxygens (including phenoxy) is 2. The van der Waals surface area contributed by atoms with Gasteiger partial charge in [-0.2, -0.15) is 0 Å². The molecule has 2 atom stereocenters. The molecule has 2 heterocycles. The number of rotatable bonds is 8. The van der Waals surface area contributed by atoms with Crippen LogP contribution in [0.4, 0.5) is 14.5 Å². The molecule has 1 amide bonds. The number of hydrogen-bond acceptors (Lipinski definition) is 5. The van der Waals surface area contributed by atoms with Crippen LogP contribution in [0.1, 0.15) is 28.8 Å². The van der Waals surface area contributed by atoms with Crippen molar-refractivity contribution >= 4 is 36.4 Å². The summed E-state index contributed by atoms with van der Waals surface area (Å²) >= 11 is 0. The maximum Gasteiger partial charge on any atom is 0.255 e. The molecule has 4 aromatic carbocycles. The number of carbonyl (C=O) groups is 1. The fourth-order valence-corrected chi connectivity index (χ4v) is 5.48. The molecule has 44 heavy (non-hydrogen) atoms. The third kappa shape index (κ3) is 7.50. The van der Waals surface area contributed by atoms with Crippen LogP contribution in [0.5, 0.6) is 11.5 Å². The van der Waals surface area contributed by atoms with Gasteiger partial charge in [0, 0.05) is 35.5 Å². The number of halogens is 4. The second kappa shape index (κ2) is 14.9. The molecule has 0 spiro atoms. The van der Waals surface area contributed by atoms with Gasteiger partial charge in [0.1, 0.15) is 23.7 Å². The third-order valence-electron chi connectivity index (χ3n) is 7.76. The van der Waals surface area contributed by atoms with Crippen LogP contribution >= 0.6 is 24.8 Å². The van der Waals surface area contributed by atoms with Gasteiger partial charge >= 0.3 is 0 Å². The van der Waals surface area contributed by atoms with Crippen molar-refractivity contribution in [3.63, 3.8) is 0 Å². The first kappa shape index (κ1) is 33.2. The molecule has 0 unspecified atom stereocenters. The lowest BCUT2D eigenvalue weighted by Gasteiger charge is -2.19. The second-order valence-corrected chi connectivity index (χ2v) is 10.8. The Balaban J connectivity index is 0.00000221. The van der Waals surface area contributed by atoms with Gasteiger partial charge in [0.25, 0.3) is 5.91 Å². The van der Waals surface area contributed by atoms with Gasteiger partial charge in [-0.15, -0.1) is 24.8 Å². The van der Waals surface area contributed by atoms with E-state index in [9.17, 15) is 13.6 Å². The summed E-state index contributed by atoms with van der Waals surface area (Å²) in [5.41, 5.74) is 4.94. The van der Waals surface area contributed by atoms with E-state index in [1.54, 1.807) is 18.2 Å². The van der Waals surface area contributed by atoms with Crippen molar-refractivity contribution in [2.45, 2.75) is 32.0 Å². The molecule has 0 bridgehead atoms. The normalized spacial score (nSPS) is 17.3. The highest BCUT2D eigenvalue weighted by Gasteiger charge is 2.22. The molecule has 0 aliphatic carbocycles. The minimum atomic E-state index is -0.963. The van der Waals surface area contributed by atoms with Crippen LogP contribution in [0.15, 0.2) is 78.9 Å². The highest BCUT2D eigenvalue weighted by Crippen LogP contribution is 2.37. The van der Waals surface area contributed by atoms with Gasteiger partial charge in [0.15, 0.2) is 11.6 Å². The quantitative estimate of drug-likeness (QED) is 0.190. The standard InChI is InChI=1S/C34H33F2N3O3.2ClH/c1-21-4-2-3-5-27(21)29-18-24(8-11-33(29)42-26-13-15-38-20-26)39-34(40)23-7-10-32(41-25-12-14-37-19-25)28(16-23)22-6-9-30(35)31(36)17-22;;/h2-11,16-18,25-26,37-38H,12-15,19-20H2,1H3,(H,39,40);2*1H/t25-,26-;;/m0../s1. The van der Waals surface area contributed by atoms with Crippen molar-refractivity contribution in [3.05, 3.63) is 102 Å². The molecule has 2 fully saturated rings. The lowest BCUT2D eigenvalue weighted by atomic mass is 9.98. The Bertz CT molecular complexity index is 1610. The average Bonchev–Trinajstić information content (AvgIpc) is 3.71. The summed E-state index contributed by atoms with van der Waals surface area (Å²) in [5, 5.41) is 9.60. The Morgan fingerprint density at radius 3 is 2.05 bits per heavy atom. The van der Waals surface area contributed by atoms with Gasteiger partial charge in [-0.1, -0.05) is 30.3 Å². The lowest BCUT2D eigenvalue weighted by molar-refractivity contribution is 0.102. The molecule has 2 aliphatic heterocycles. The predicted octanol–water partition coefficient (Wildman–Crippen LogP) is 7.18. The molecule has 0 aromatic heterocycles. The maximum absolute atomic E-state index is 14.2. The number of amides is 1. The number of anilines is 1. The zero-order chi connectivity index (χ0) is 29.1. The van der Waals surface area contributed by atoms with Crippen LogP contribution in [-0.2, 0) is 0 Å². The molecule has 0 saturated carbocycles. The summed E-state index contributed by atoms with van der Waals surface area (Å²) in [6.45, 7) is 5.30. The molecule has 6 nitrogen and oxygen atoms in total. The van der Waals surface area contributed by atoms with Crippen molar-refractivity contribution in [2.75, 3.05) is 31.5 Å². The van der Waals surface area contributed by atoms with Crippen molar-refractivity contribution in [1.82, 2.24) is 10.6 Å². The topological polar surface area (TPSA) is 71.6 Å². The summed E-state index contributed by atoms with van der Waals surface area (Å²) < 4.78 is 40.5. The molecule has 4 aromatic rings. The highest BCUT2D eigenvalue weighted by atomic mass is 35.5. The van der Waals surface area contributed by atoms with Gasteiger partial charge in [-0.25, -0.2) is 8.78 Å². The molecule has 3 N–H and O–H groups in total. The van der Waals surface area contributed by atoms with Crippen LogP contribution < -0.4 is 25.4 Å². The largest absolute Gasteiger partial charge is 0.488 e. The molecule has 232 valence electrons. The van der Waals surface area contributed by atoms with Gasteiger partial charge in [0.05, 0.1) is 0 Å². The van der Waals surface area contributed by atoms with Gasteiger partial charge in [-0.05, 0) is 98.1 Å². The van der Waals surface area contributed by atoms with E-state index in [1.165, 1.54) is 6.07 Å². The van der Waals surface area contributed by atoms with E-state index >= 15 is 0 Å². The number of benzene rings is 4. The fraction of sp³-hybridized carbons (Fsp3) is 0.265. The molecule has 2 saturated heterocycles. The zero-order valence-corrected chi connectivity index (χ0v) is 25.8. The van der Waals surface area contributed by atoms with E-state index in [1.807, 2.05) is 49.4 Å². The fourth-order valence-electron chi connectivity index (χ4n) is 5.48. The summed E-state index contributed by atoms with van der Waals surface area (Å²) in [6, 6.07) is 22.5. The van der Waals surface area contributed by atoms with Crippen molar-refractivity contribution in [1.29, 1.82) is 0 Å². The lowest BCUT2D eigenvalue weighted by Crippen LogP contribution is -2.20. The number of aryl methyl sites for hydroxylation is 1. The SMILES string of the molecule is Cc1ccccc1-c1cc(NC(=O)c2ccc(O[C@H]3CCNC3)c(-c3ccc(F)c(F)c3)c2)ccc1O[C@H]1CCNC1.Cl.Cl. The molecule has 2 aliphatic rings. The van der Waals surface area contributed by atoms with Gasteiger partial charge in [-0.3, -0.25) is 4.79 Å². The molecule has 0 radical (unpaired) electrons. The first-order valence-electron chi connectivity index (χ1n) is 14.3. The smallest absolute Gasteiger partial charge is 0.255 e. The maximum atomic E-state index is 14.2. The van der Waals surface area contributed by atoms with Crippen LogP contribution in [-0.4, -0.2) is 44.3 Å². The Morgan fingerprint density at radius 1 is 0.750 bits per heavy atom. The minimum Gasteiger partial charge on any atom is -0.488 e. The summed E-state index contributed by atoms with van der Waals surface area (Å²) in [5.74, 6) is -0.959. The number of nitrogens with one attached hydrogen (secondary N) is 3. The third-order valence-corrected chi connectivity index (χ3v) is 7.76. The summed E-state index contributed by atoms with van der Waals surface area (Å²) in [7, 11) is 0. The van der Waals surface area contributed by atoms with E-state index in [-0.39, 0.29) is 42.9 Å². The monoisotopic (exact) mass is 641 g/mol. The van der Waals surface area contributed by atoms with E-state index < -0.39 is 11.6 Å². The second-order valence-electron chi connectivity index (χ2n) is 10.8. The van der Waals surface area contributed by atoms with E-state index in [0.717, 1.165) is 67.0 Å². The molecular formula is C34H35Cl2F2N3O3. The van der Waals surface area contributed by atoms with Gasteiger partial charge in [0.2, 0.25) is 0 Å². The van der Waals surface area contributed by atoms with Crippen LogP contribution in [0.3, 0.4) is 0 Å². The predicted molar refractivity (Wildman–Crippen MR) is 175 cm³/mol. The highest BCUT2D eigenvalue weighted by molar-refractivity contribution is 6.05.